The Hall–Kier alpha value is -0.570. The Labute approximate surface area is 96.5 Å². The Morgan fingerprint density at radius 2 is 1.73 bits per heavy atom. The lowest BCUT2D eigenvalue weighted by atomic mass is 10.1. The number of hydrogen-bond donors (Lipinski definition) is 1. The molecule has 0 saturated carbocycles. The largest absolute Gasteiger partial charge is 0.394 e. The van der Waals surface area contributed by atoms with E-state index < -0.39 is 0 Å². The first-order chi connectivity index (χ1) is 7.22. The summed E-state index contributed by atoms with van der Waals surface area (Å²) < 4.78 is 0. The number of rotatable bonds is 5. The van der Waals surface area contributed by atoms with Gasteiger partial charge in [-0.2, -0.15) is 0 Å². The summed E-state index contributed by atoms with van der Waals surface area (Å²) in [7, 11) is 0. The van der Waals surface area contributed by atoms with Crippen LogP contribution in [0, 0.1) is 0 Å². The predicted molar refractivity (Wildman–Crippen MR) is 64.2 cm³/mol. The zero-order chi connectivity index (χ0) is 11.3. The van der Waals surface area contributed by atoms with Gasteiger partial charge in [-0.25, -0.2) is 0 Å². The van der Waals surface area contributed by atoms with Crippen molar-refractivity contribution >= 4 is 11.6 Å². The third kappa shape index (κ3) is 3.20. The van der Waals surface area contributed by atoms with Gasteiger partial charge in [0.25, 0.3) is 0 Å². The van der Waals surface area contributed by atoms with Crippen LogP contribution in [-0.2, 0) is 0 Å². The normalized spacial score (nSPS) is 13.1. The van der Waals surface area contributed by atoms with Gasteiger partial charge < -0.3 is 5.11 Å². The van der Waals surface area contributed by atoms with E-state index in [-0.39, 0.29) is 12.6 Å². The van der Waals surface area contributed by atoms with Crippen LogP contribution in [0.15, 0.2) is 24.3 Å². The molecule has 3 heteroatoms. The summed E-state index contributed by atoms with van der Waals surface area (Å²) in [5.74, 6) is 0. The number of hydrogen-bond acceptors (Lipinski definition) is 2. The molecule has 0 fully saturated rings. The fraction of sp³-hybridized carbons (Fsp3) is 0.500. The minimum Gasteiger partial charge on any atom is -0.394 e. The SMILES string of the molecule is CCN(CC)C(CO)c1ccc(Cl)cc1. The second-order valence-corrected chi connectivity index (χ2v) is 3.91. The average molecular weight is 228 g/mol. The Morgan fingerprint density at radius 3 is 2.13 bits per heavy atom. The van der Waals surface area contributed by atoms with Crippen molar-refractivity contribution in [3.8, 4) is 0 Å². The van der Waals surface area contributed by atoms with Gasteiger partial charge in [0.15, 0.2) is 0 Å². The number of aliphatic hydroxyl groups is 1. The van der Waals surface area contributed by atoms with Gasteiger partial charge >= 0.3 is 0 Å². The monoisotopic (exact) mass is 227 g/mol. The van der Waals surface area contributed by atoms with Crippen LogP contribution >= 0.6 is 11.6 Å². The number of aliphatic hydroxyl groups excluding tert-OH is 1. The predicted octanol–water partition coefficient (Wildman–Crippen LogP) is 2.72. The van der Waals surface area contributed by atoms with Crippen molar-refractivity contribution in [1.82, 2.24) is 4.90 Å². The van der Waals surface area contributed by atoms with Crippen molar-refractivity contribution < 1.29 is 5.11 Å². The van der Waals surface area contributed by atoms with Gasteiger partial charge in [-0.1, -0.05) is 37.6 Å². The molecule has 0 aliphatic rings. The summed E-state index contributed by atoms with van der Waals surface area (Å²) in [5, 5.41) is 10.1. The van der Waals surface area contributed by atoms with Gasteiger partial charge in [0.1, 0.15) is 0 Å². The van der Waals surface area contributed by atoms with Gasteiger partial charge in [0.05, 0.1) is 12.6 Å². The molecule has 1 N–H and O–H groups in total. The lowest BCUT2D eigenvalue weighted by Crippen LogP contribution is -2.30. The Kier molecular flexibility index (Phi) is 5.09. The molecule has 0 bridgehead atoms. The van der Waals surface area contributed by atoms with Crippen molar-refractivity contribution in [3.63, 3.8) is 0 Å². The summed E-state index contributed by atoms with van der Waals surface area (Å²) in [6.45, 7) is 6.21. The van der Waals surface area contributed by atoms with Crippen LogP contribution in [0.4, 0.5) is 0 Å². The molecule has 0 amide bonds. The maximum absolute atomic E-state index is 9.41. The highest BCUT2D eigenvalue weighted by Crippen LogP contribution is 2.21. The minimum atomic E-state index is 0.0808. The fourth-order valence-electron chi connectivity index (χ4n) is 1.78. The van der Waals surface area contributed by atoms with E-state index in [0.29, 0.717) is 0 Å². The Morgan fingerprint density at radius 1 is 1.20 bits per heavy atom. The maximum atomic E-state index is 9.41. The van der Waals surface area contributed by atoms with Crippen LogP contribution in [0.2, 0.25) is 5.02 Å². The van der Waals surface area contributed by atoms with Gasteiger partial charge in [-0.15, -0.1) is 0 Å². The molecule has 0 aliphatic heterocycles. The van der Waals surface area contributed by atoms with E-state index in [2.05, 4.69) is 18.7 Å². The molecule has 1 atom stereocenters. The van der Waals surface area contributed by atoms with Gasteiger partial charge in [0, 0.05) is 5.02 Å². The highest BCUT2D eigenvalue weighted by Gasteiger charge is 2.16. The summed E-state index contributed by atoms with van der Waals surface area (Å²) in [6, 6.07) is 7.76. The van der Waals surface area contributed by atoms with Crippen LogP contribution in [0.3, 0.4) is 0 Å². The van der Waals surface area contributed by atoms with Crippen molar-refractivity contribution in [1.29, 1.82) is 0 Å². The lowest BCUT2D eigenvalue weighted by Gasteiger charge is -2.28. The molecule has 0 radical (unpaired) electrons. The topological polar surface area (TPSA) is 23.5 Å². The summed E-state index contributed by atoms with van der Waals surface area (Å²) >= 11 is 5.83. The van der Waals surface area contributed by atoms with E-state index in [4.69, 9.17) is 11.6 Å². The highest BCUT2D eigenvalue weighted by atomic mass is 35.5. The van der Waals surface area contributed by atoms with Gasteiger partial charge in [-0.3, -0.25) is 4.90 Å². The first kappa shape index (κ1) is 12.5. The van der Waals surface area contributed by atoms with Crippen molar-refractivity contribution in [3.05, 3.63) is 34.9 Å². The van der Waals surface area contributed by atoms with E-state index in [0.717, 1.165) is 23.7 Å². The fourth-order valence-corrected chi connectivity index (χ4v) is 1.91. The lowest BCUT2D eigenvalue weighted by molar-refractivity contribution is 0.134. The third-order valence-corrected chi connectivity index (χ3v) is 2.93. The Balaban J connectivity index is 2.86. The van der Waals surface area contributed by atoms with E-state index in [1.165, 1.54) is 0 Å². The first-order valence-corrected chi connectivity index (χ1v) is 5.71. The quantitative estimate of drug-likeness (QED) is 0.836. The zero-order valence-electron chi connectivity index (χ0n) is 9.28. The third-order valence-electron chi connectivity index (χ3n) is 2.68. The maximum Gasteiger partial charge on any atom is 0.0628 e. The van der Waals surface area contributed by atoms with Crippen LogP contribution in [0.25, 0.3) is 0 Å². The van der Waals surface area contributed by atoms with E-state index in [1.54, 1.807) is 0 Å². The van der Waals surface area contributed by atoms with Crippen molar-refractivity contribution in [2.75, 3.05) is 19.7 Å². The molecule has 0 spiro atoms. The van der Waals surface area contributed by atoms with E-state index in [9.17, 15) is 5.11 Å². The van der Waals surface area contributed by atoms with Crippen LogP contribution in [0.1, 0.15) is 25.5 Å². The molecule has 0 aromatic heterocycles. The molecule has 1 unspecified atom stereocenters. The van der Waals surface area contributed by atoms with Crippen LogP contribution in [-0.4, -0.2) is 29.7 Å². The highest BCUT2D eigenvalue weighted by molar-refractivity contribution is 6.30. The molecule has 0 aliphatic carbocycles. The molecular formula is C12H18ClNO. The smallest absolute Gasteiger partial charge is 0.0628 e. The van der Waals surface area contributed by atoms with Crippen molar-refractivity contribution in [2.45, 2.75) is 19.9 Å². The summed E-state index contributed by atoms with van der Waals surface area (Å²) in [4.78, 5) is 2.23. The molecular weight excluding hydrogens is 210 g/mol. The molecule has 0 heterocycles. The molecule has 1 rings (SSSR count). The van der Waals surface area contributed by atoms with Crippen molar-refractivity contribution in [2.24, 2.45) is 0 Å². The summed E-state index contributed by atoms with van der Waals surface area (Å²) in [5.41, 5.74) is 1.12. The molecule has 1 aromatic rings. The molecule has 15 heavy (non-hydrogen) atoms. The molecule has 84 valence electrons. The number of nitrogens with zero attached hydrogens (tertiary/aromatic N) is 1. The minimum absolute atomic E-state index is 0.0808. The van der Waals surface area contributed by atoms with E-state index >= 15 is 0 Å². The van der Waals surface area contributed by atoms with Crippen LogP contribution in [0.5, 0.6) is 0 Å². The number of likely N-dealkylation sites (N-methyl/N-ethyl adjacent to an activating group) is 1. The standard InChI is InChI=1S/C12H18ClNO/c1-3-14(4-2)12(9-15)10-5-7-11(13)8-6-10/h5-8,12,15H,3-4,9H2,1-2H3. The second-order valence-electron chi connectivity index (χ2n) is 3.47. The average Bonchev–Trinajstić information content (AvgIpc) is 2.27. The van der Waals surface area contributed by atoms with Crippen LogP contribution < -0.4 is 0 Å². The number of benzene rings is 1. The summed E-state index contributed by atoms with van der Waals surface area (Å²) in [6.07, 6.45) is 0. The first-order valence-electron chi connectivity index (χ1n) is 5.33. The number of halogens is 1. The zero-order valence-corrected chi connectivity index (χ0v) is 10.0. The molecule has 0 saturated heterocycles. The van der Waals surface area contributed by atoms with E-state index in [1.807, 2.05) is 24.3 Å². The second kappa shape index (κ2) is 6.11. The molecule has 1 aromatic carbocycles. The molecule has 2 nitrogen and oxygen atoms in total. The Bertz CT molecular complexity index is 282. The van der Waals surface area contributed by atoms with Gasteiger partial charge in [0.2, 0.25) is 0 Å². The van der Waals surface area contributed by atoms with Gasteiger partial charge in [-0.05, 0) is 30.8 Å².